The molecule has 3 rings (SSSR count). The van der Waals surface area contributed by atoms with Crippen molar-refractivity contribution in [3.05, 3.63) is 30.0 Å². The van der Waals surface area contributed by atoms with Crippen molar-refractivity contribution >= 4 is 10.9 Å². The summed E-state index contributed by atoms with van der Waals surface area (Å²) >= 11 is 0. The van der Waals surface area contributed by atoms with Crippen LogP contribution in [0.5, 0.6) is 0 Å². The number of rotatable bonds is 5. The fourth-order valence-electron chi connectivity index (χ4n) is 3.73. The van der Waals surface area contributed by atoms with E-state index in [2.05, 4.69) is 50.5 Å². The topological polar surface area (TPSA) is 29.9 Å². The van der Waals surface area contributed by atoms with Gasteiger partial charge in [0.2, 0.25) is 0 Å². The first-order valence-electron chi connectivity index (χ1n) is 8.29. The second-order valence-corrected chi connectivity index (χ2v) is 6.81. The molecule has 1 saturated carbocycles. The fourth-order valence-corrected chi connectivity index (χ4v) is 3.73. The maximum Gasteiger partial charge on any atom is 0.0706 e. The number of para-hydroxylation sites is 1. The van der Waals surface area contributed by atoms with Crippen LogP contribution >= 0.6 is 0 Å². The van der Waals surface area contributed by atoms with Crippen LogP contribution in [0.2, 0.25) is 0 Å². The molecule has 1 heterocycles. The van der Waals surface area contributed by atoms with Crippen molar-refractivity contribution in [3.8, 4) is 0 Å². The minimum Gasteiger partial charge on any atom is -0.314 e. The molecule has 21 heavy (non-hydrogen) atoms. The Balaban J connectivity index is 1.75. The molecule has 1 aromatic heterocycles. The highest BCUT2D eigenvalue weighted by molar-refractivity contribution is 5.81. The van der Waals surface area contributed by atoms with E-state index in [1.54, 1.807) is 0 Å². The lowest BCUT2D eigenvalue weighted by atomic mass is 9.90. The first-order chi connectivity index (χ1) is 10.1. The zero-order valence-corrected chi connectivity index (χ0v) is 13.5. The van der Waals surface area contributed by atoms with Crippen molar-refractivity contribution in [2.45, 2.75) is 45.6 Å². The van der Waals surface area contributed by atoms with Crippen LogP contribution in [0, 0.1) is 11.8 Å². The summed E-state index contributed by atoms with van der Waals surface area (Å²) in [6.45, 7) is 5.62. The third-order valence-corrected chi connectivity index (χ3v) is 4.89. The molecule has 0 radical (unpaired) electrons. The molecule has 1 aromatic carbocycles. The standard InChI is InChI=1S/C18H27N3/c1-13(2)19-12-15-8-6-7-14(15)11-17-16-9-4-5-10-18(16)21(3)20-17/h4-5,9-10,13-15,19H,6-8,11-12H2,1-3H3. The molecular weight excluding hydrogens is 258 g/mol. The highest BCUT2D eigenvalue weighted by Crippen LogP contribution is 2.35. The molecule has 3 nitrogen and oxygen atoms in total. The number of hydrogen-bond donors (Lipinski definition) is 1. The van der Waals surface area contributed by atoms with E-state index in [0.29, 0.717) is 6.04 Å². The van der Waals surface area contributed by atoms with E-state index in [1.807, 2.05) is 4.68 Å². The van der Waals surface area contributed by atoms with Gasteiger partial charge in [0.05, 0.1) is 11.2 Å². The minimum absolute atomic E-state index is 0.585. The summed E-state index contributed by atoms with van der Waals surface area (Å²) in [4.78, 5) is 0. The average Bonchev–Trinajstić information content (AvgIpc) is 3.03. The summed E-state index contributed by atoms with van der Waals surface area (Å²) < 4.78 is 2.03. The van der Waals surface area contributed by atoms with Gasteiger partial charge in [-0.05, 0) is 43.7 Å². The lowest BCUT2D eigenvalue weighted by Gasteiger charge is -2.20. The Labute approximate surface area is 127 Å². The molecule has 1 fully saturated rings. The van der Waals surface area contributed by atoms with Crippen molar-refractivity contribution in [1.29, 1.82) is 0 Å². The maximum absolute atomic E-state index is 4.78. The van der Waals surface area contributed by atoms with Crippen LogP contribution in [-0.4, -0.2) is 22.4 Å². The van der Waals surface area contributed by atoms with Gasteiger partial charge in [-0.25, -0.2) is 0 Å². The zero-order chi connectivity index (χ0) is 14.8. The Morgan fingerprint density at radius 3 is 2.81 bits per heavy atom. The minimum atomic E-state index is 0.585. The van der Waals surface area contributed by atoms with Gasteiger partial charge in [0, 0.05) is 18.5 Å². The highest BCUT2D eigenvalue weighted by atomic mass is 15.3. The zero-order valence-electron chi connectivity index (χ0n) is 13.5. The van der Waals surface area contributed by atoms with Gasteiger partial charge in [0.1, 0.15) is 0 Å². The van der Waals surface area contributed by atoms with Gasteiger partial charge in [0.15, 0.2) is 0 Å². The van der Waals surface area contributed by atoms with E-state index in [9.17, 15) is 0 Å². The molecule has 1 N–H and O–H groups in total. The van der Waals surface area contributed by atoms with Crippen LogP contribution in [0.25, 0.3) is 10.9 Å². The van der Waals surface area contributed by atoms with Gasteiger partial charge in [-0.15, -0.1) is 0 Å². The Kier molecular flexibility index (Phi) is 4.29. The summed E-state index contributed by atoms with van der Waals surface area (Å²) in [5.41, 5.74) is 2.54. The lowest BCUT2D eigenvalue weighted by Crippen LogP contribution is -2.31. The van der Waals surface area contributed by atoms with Crippen molar-refractivity contribution in [1.82, 2.24) is 15.1 Å². The van der Waals surface area contributed by atoms with Crippen LogP contribution in [0.3, 0.4) is 0 Å². The van der Waals surface area contributed by atoms with E-state index in [0.717, 1.165) is 24.8 Å². The number of aryl methyl sites for hydroxylation is 1. The number of benzene rings is 1. The molecule has 114 valence electrons. The van der Waals surface area contributed by atoms with Crippen LogP contribution in [0.4, 0.5) is 0 Å². The van der Waals surface area contributed by atoms with Crippen LogP contribution in [-0.2, 0) is 13.5 Å². The van der Waals surface area contributed by atoms with Crippen molar-refractivity contribution in [2.24, 2.45) is 18.9 Å². The van der Waals surface area contributed by atoms with E-state index in [-0.39, 0.29) is 0 Å². The summed E-state index contributed by atoms with van der Waals surface area (Å²) in [7, 11) is 2.05. The van der Waals surface area contributed by atoms with Gasteiger partial charge >= 0.3 is 0 Å². The van der Waals surface area contributed by atoms with E-state index >= 15 is 0 Å². The fraction of sp³-hybridized carbons (Fsp3) is 0.611. The molecule has 0 bridgehead atoms. The Morgan fingerprint density at radius 1 is 1.24 bits per heavy atom. The normalized spacial score (nSPS) is 22.5. The highest BCUT2D eigenvalue weighted by Gasteiger charge is 2.28. The van der Waals surface area contributed by atoms with E-state index in [1.165, 1.54) is 35.9 Å². The molecule has 3 heteroatoms. The smallest absolute Gasteiger partial charge is 0.0706 e. The second-order valence-electron chi connectivity index (χ2n) is 6.81. The summed E-state index contributed by atoms with van der Waals surface area (Å²) in [5.74, 6) is 1.60. The number of aromatic nitrogens is 2. The molecule has 1 aliphatic rings. The first kappa shape index (κ1) is 14.6. The predicted molar refractivity (Wildman–Crippen MR) is 88.4 cm³/mol. The van der Waals surface area contributed by atoms with Gasteiger partial charge in [0.25, 0.3) is 0 Å². The van der Waals surface area contributed by atoms with Crippen molar-refractivity contribution < 1.29 is 0 Å². The number of nitrogens with zero attached hydrogens (tertiary/aromatic N) is 2. The number of hydrogen-bond acceptors (Lipinski definition) is 2. The maximum atomic E-state index is 4.78. The summed E-state index contributed by atoms with van der Waals surface area (Å²) in [6, 6.07) is 9.19. The lowest BCUT2D eigenvalue weighted by molar-refractivity contribution is 0.352. The molecule has 1 aliphatic carbocycles. The molecule has 0 spiro atoms. The Bertz CT molecular complexity index is 600. The Morgan fingerprint density at radius 2 is 2.00 bits per heavy atom. The van der Waals surface area contributed by atoms with Crippen LogP contribution in [0.15, 0.2) is 24.3 Å². The third-order valence-electron chi connectivity index (χ3n) is 4.89. The molecule has 0 amide bonds. The molecule has 0 aliphatic heterocycles. The van der Waals surface area contributed by atoms with E-state index in [4.69, 9.17) is 5.10 Å². The van der Waals surface area contributed by atoms with Gasteiger partial charge in [-0.1, -0.05) is 38.5 Å². The molecule has 0 saturated heterocycles. The number of nitrogens with one attached hydrogen (secondary N) is 1. The van der Waals surface area contributed by atoms with Gasteiger partial charge in [-0.2, -0.15) is 5.10 Å². The van der Waals surface area contributed by atoms with Crippen molar-refractivity contribution in [2.75, 3.05) is 6.54 Å². The monoisotopic (exact) mass is 285 g/mol. The van der Waals surface area contributed by atoms with Crippen LogP contribution in [0.1, 0.15) is 38.8 Å². The number of fused-ring (bicyclic) bond motifs is 1. The molecule has 2 aromatic rings. The molecule has 2 unspecified atom stereocenters. The predicted octanol–water partition coefficient (Wildman–Crippen LogP) is 3.53. The van der Waals surface area contributed by atoms with Crippen LogP contribution < -0.4 is 5.32 Å². The first-order valence-corrected chi connectivity index (χ1v) is 8.29. The SMILES string of the molecule is CC(C)NCC1CCCC1Cc1nn(C)c2ccccc12. The van der Waals surface area contributed by atoms with Crippen molar-refractivity contribution in [3.63, 3.8) is 0 Å². The Hall–Kier alpha value is -1.35. The average molecular weight is 285 g/mol. The molecule has 2 atom stereocenters. The van der Waals surface area contributed by atoms with Gasteiger partial charge in [-0.3, -0.25) is 4.68 Å². The molecular formula is C18H27N3. The second kappa shape index (κ2) is 6.18. The summed E-state index contributed by atoms with van der Waals surface area (Å²) in [5, 5.41) is 9.73. The van der Waals surface area contributed by atoms with Gasteiger partial charge < -0.3 is 5.32 Å². The third kappa shape index (κ3) is 3.13. The van der Waals surface area contributed by atoms with E-state index < -0.39 is 0 Å². The largest absolute Gasteiger partial charge is 0.314 e. The quantitative estimate of drug-likeness (QED) is 0.911. The summed E-state index contributed by atoms with van der Waals surface area (Å²) in [6.07, 6.45) is 5.23.